The van der Waals surface area contributed by atoms with Gasteiger partial charge in [-0.25, -0.2) is 0 Å². The smallest absolute Gasteiger partial charge is 0.323 e. The quantitative estimate of drug-likeness (QED) is 0.487. The molecule has 2 aliphatic heterocycles. The molecular formula is C26H27NO2. The Hall–Kier alpha value is -2.81. The predicted octanol–water partition coefficient (Wildman–Crippen LogP) is 5.39. The summed E-state index contributed by atoms with van der Waals surface area (Å²) in [5.74, 6) is 0.518. The molecule has 3 atom stereocenters. The van der Waals surface area contributed by atoms with Crippen molar-refractivity contribution in [2.75, 3.05) is 11.9 Å². The Morgan fingerprint density at radius 1 is 1.07 bits per heavy atom. The van der Waals surface area contributed by atoms with E-state index in [1.165, 1.54) is 16.8 Å². The van der Waals surface area contributed by atoms with Crippen molar-refractivity contribution >= 4 is 11.7 Å². The zero-order chi connectivity index (χ0) is 20.5. The Morgan fingerprint density at radius 3 is 2.59 bits per heavy atom. The van der Waals surface area contributed by atoms with Crippen LogP contribution in [0.2, 0.25) is 0 Å². The van der Waals surface area contributed by atoms with Crippen molar-refractivity contribution in [2.45, 2.75) is 51.0 Å². The number of carbonyl (C=O) groups excluding carboxylic acids is 1. The second kappa shape index (κ2) is 6.09. The molecule has 5 rings (SSSR count). The van der Waals surface area contributed by atoms with E-state index in [1.54, 1.807) is 0 Å². The lowest BCUT2D eigenvalue weighted by molar-refractivity contribution is -0.133. The summed E-state index contributed by atoms with van der Waals surface area (Å²) in [6, 6.07) is 13.1. The monoisotopic (exact) mass is 385 g/mol. The molecule has 2 aromatic carbocycles. The van der Waals surface area contributed by atoms with Gasteiger partial charge in [-0.15, -0.1) is 0 Å². The van der Waals surface area contributed by atoms with Gasteiger partial charge in [0.2, 0.25) is 0 Å². The lowest BCUT2D eigenvalue weighted by atomic mass is 9.79. The molecule has 3 aliphatic rings. The zero-order valence-corrected chi connectivity index (χ0v) is 17.7. The molecule has 0 amide bonds. The first-order valence-electron chi connectivity index (χ1n) is 10.3. The van der Waals surface area contributed by atoms with Crippen molar-refractivity contribution in [1.29, 1.82) is 0 Å². The van der Waals surface area contributed by atoms with Crippen molar-refractivity contribution < 1.29 is 9.53 Å². The number of hydrogen-bond acceptors (Lipinski definition) is 3. The third-order valence-electron chi connectivity index (χ3n) is 6.50. The molecule has 29 heavy (non-hydrogen) atoms. The van der Waals surface area contributed by atoms with Gasteiger partial charge in [0.1, 0.15) is 11.7 Å². The largest absolute Gasteiger partial charge is 0.425 e. The Bertz CT molecular complexity index is 1090. The minimum Gasteiger partial charge on any atom is -0.425 e. The van der Waals surface area contributed by atoms with Gasteiger partial charge in [-0.3, -0.25) is 4.79 Å². The van der Waals surface area contributed by atoms with E-state index in [-0.39, 0.29) is 23.2 Å². The Morgan fingerprint density at radius 2 is 1.83 bits per heavy atom. The van der Waals surface area contributed by atoms with Crippen molar-refractivity contribution in [2.24, 2.45) is 0 Å². The third-order valence-corrected chi connectivity index (χ3v) is 6.50. The summed E-state index contributed by atoms with van der Waals surface area (Å²) in [6.45, 7) is 8.59. The van der Waals surface area contributed by atoms with Crippen LogP contribution in [0.1, 0.15) is 54.9 Å². The minimum atomic E-state index is -0.346. The van der Waals surface area contributed by atoms with Crippen LogP contribution in [0.15, 0.2) is 60.2 Å². The van der Waals surface area contributed by atoms with E-state index in [1.807, 2.05) is 0 Å². The SMILES string of the molecule is Cc1cc2c(c(C(C)(C)C)c1)OC(=O)C2C1=CC2c3ccccc3N(C)C2C=C1. The molecule has 3 nitrogen and oxygen atoms in total. The molecule has 1 aliphatic carbocycles. The minimum absolute atomic E-state index is 0.0831. The van der Waals surface area contributed by atoms with Gasteiger partial charge in [-0.1, -0.05) is 74.9 Å². The van der Waals surface area contributed by atoms with Crippen molar-refractivity contribution in [3.63, 3.8) is 0 Å². The van der Waals surface area contributed by atoms with Crippen LogP contribution >= 0.6 is 0 Å². The maximum atomic E-state index is 13.0. The zero-order valence-electron chi connectivity index (χ0n) is 17.7. The number of esters is 1. The number of benzene rings is 2. The lowest BCUT2D eigenvalue weighted by Crippen LogP contribution is -2.30. The average molecular weight is 386 g/mol. The fourth-order valence-corrected chi connectivity index (χ4v) is 5.07. The standard InChI is InChI=1S/C26H27NO2/c1-15-12-19-23(25(28)29-24(19)20(13-15)26(2,3)4)16-10-11-22-18(14-16)17-8-6-7-9-21(17)27(22)5/h6-14,18,22-23H,1-5H3. The maximum Gasteiger partial charge on any atom is 0.323 e. The summed E-state index contributed by atoms with van der Waals surface area (Å²) in [5, 5.41) is 0. The van der Waals surface area contributed by atoms with E-state index in [0.29, 0.717) is 6.04 Å². The number of allylic oxidation sites excluding steroid dienone is 1. The number of hydrogen-bond donors (Lipinski definition) is 0. The highest BCUT2D eigenvalue weighted by molar-refractivity contribution is 5.91. The van der Waals surface area contributed by atoms with Gasteiger partial charge >= 0.3 is 5.97 Å². The van der Waals surface area contributed by atoms with E-state index in [4.69, 9.17) is 4.74 Å². The molecule has 0 N–H and O–H groups in total. The lowest BCUT2D eigenvalue weighted by Gasteiger charge is -2.27. The summed E-state index contributed by atoms with van der Waals surface area (Å²) in [4.78, 5) is 15.3. The van der Waals surface area contributed by atoms with E-state index < -0.39 is 0 Å². The Labute approximate surface area is 172 Å². The number of rotatable bonds is 1. The highest BCUT2D eigenvalue weighted by Gasteiger charge is 2.42. The summed E-state index contributed by atoms with van der Waals surface area (Å²) >= 11 is 0. The number of ether oxygens (including phenoxy) is 1. The first-order chi connectivity index (χ1) is 13.8. The number of fused-ring (bicyclic) bond motifs is 4. The highest BCUT2D eigenvalue weighted by atomic mass is 16.5. The number of para-hydroxylation sites is 1. The molecular weight excluding hydrogens is 358 g/mol. The van der Waals surface area contributed by atoms with Crippen LogP contribution in [0.3, 0.4) is 0 Å². The van der Waals surface area contributed by atoms with Crippen LogP contribution in [-0.4, -0.2) is 19.1 Å². The Balaban J connectivity index is 1.61. The molecule has 0 fully saturated rings. The third kappa shape index (κ3) is 2.67. The normalized spacial score (nSPS) is 24.7. The highest BCUT2D eigenvalue weighted by Crippen LogP contribution is 2.49. The predicted molar refractivity (Wildman–Crippen MR) is 117 cm³/mol. The van der Waals surface area contributed by atoms with Crippen molar-refractivity contribution in [3.05, 3.63) is 82.5 Å². The van der Waals surface area contributed by atoms with Crippen molar-refractivity contribution in [3.8, 4) is 5.75 Å². The fraction of sp³-hybridized carbons (Fsp3) is 0.346. The van der Waals surface area contributed by atoms with E-state index in [9.17, 15) is 4.79 Å². The molecule has 148 valence electrons. The number of aryl methyl sites for hydroxylation is 1. The second-order valence-corrected chi connectivity index (χ2v) is 9.55. The van der Waals surface area contributed by atoms with Gasteiger partial charge in [0.15, 0.2) is 0 Å². The van der Waals surface area contributed by atoms with E-state index in [0.717, 1.165) is 22.4 Å². The molecule has 2 aromatic rings. The maximum absolute atomic E-state index is 13.0. The molecule has 2 heterocycles. The van der Waals surface area contributed by atoms with Crippen LogP contribution < -0.4 is 9.64 Å². The number of likely N-dealkylation sites (N-methyl/N-ethyl adjacent to an activating group) is 1. The summed E-state index contributed by atoms with van der Waals surface area (Å²) < 4.78 is 5.86. The van der Waals surface area contributed by atoms with E-state index >= 15 is 0 Å². The molecule has 3 unspecified atom stereocenters. The van der Waals surface area contributed by atoms with Crippen LogP contribution in [0.25, 0.3) is 0 Å². The van der Waals surface area contributed by atoms with E-state index in [2.05, 4.69) is 94.3 Å². The average Bonchev–Trinajstić information content (AvgIpc) is 3.14. The molecule has 0 saturated carbocycles. The van der Waals surface area contributed by atoms with Gasteiger partial charge in [-0.05, 0) is 29.5 Å². The molecule has 0 spiro atoms. The molecule has 0 aromatic heterocycles. The summed E-state index contributed by atoms with van der Waals surface area (Å²) in [5.41, 5.74) is 6.84. The van der Waals surface area contributed by atoms with Crippen LogP contribution in [0, 0.1) is 6.92 Å². The van der Waals surface area contributed by atoms with Crippen molar-refractivity contribution in [1.82, 2.24) is 0 Å². The van der Waals surface area contributed by atoms with Gasteiger partial charge in [0.25, 0.3) is 0 Å². The van der Waals surface area contributed by atoms with Crippen LogP contribution in [-0.2, 0) is 10.2 Å². The molecule has 3 heteroatoms. The second-order valence-electron chi connectivity index (χ2n) is 9.55. The molecule has 0 bridgehead atoms. The topological polar surface area (TPSA) is 29.5 Å². The summed E-state index contributed by atoms with van der Waals surface area (Å²) in [6.07, 6.45) is 6.66. The first kappa shape index (κ1) is 18.2. The van der Waals surface area contributed by atoms with Crippen LogP contribution in [0.4, 0.5) is 5.69 Å². The first-order valence-corrected chi connectivity index (χ1v) is 10.3. The van der Waals surface area contributed by atoms with Gasteiger partial charge < -0.3 is 9.64 Å². The van der Waals surface area contributed by atoms with Gasteiger partial charge in [0.05, 0.1) is 6.04 Å². The number of carbonyl (C=O) groups is 1. The molecule has 0 radical (unpaired) electrons. The van der Waals surface area contributed by atoms with Gasteiger partial charge in [0, 0.05) is 29.8 Å². The fourth-order valence-electron chi connectivity index (χ4n) is 5.07. The Kier molecular flexibility index (Phi) is 3.83. The number of nitrogens with zero attached hydrogens (tertiary/aromatic N) is 1. The molecule has 0 saturated heterocycles. The number of anilines is 1. The van der Waals surface area contributed by atoms with Gasteiger partial charge in [-0.2, -0.15) is 0 Å². The van der Waals surface area contributed by atoms with Crippen LogP contribution in [0.5, 0.6) is 5.75 Å². The summed E-state index contributed by atoms with van der Waals surface area (Å²) in [7, 11) is 2.14.